The Hall–Kier alpha value is -0.600. The summed E-state index contributed by atoms with van der Waals surface area (Å²) in [5.41, 5.74) is 2.87. The fraction of sp³-hybridized carbons (Fsp3) is 0.500. The van der Waals surface area contributed by atoms with Crippen LogP contribution in [0.2, 0.25) is 0 Å². The van der Waals surface area contributed by atoms with Crippen LogP contribution in [0.5, 0.6) is 0 Å². The van der Waals surface area contributed by atoms with Gasteiger partial charge in [0.15, 0.2) is 0 Å². The van der Waals surface area contributed by atoms with Gasteiger partial charge in [-0.25, -0.2) is 0 Å². The topological polar surface area (TPSA) is 12.0 Å². The molecule has 0 heterocycles. The van der Waals surface area contributed by atoms with Gasteiger partial charge in [0.2, 0.25) is 0 Å². The molecule has 0 spiro atoms. The summed E-state index contributed by atoms with van der Waals surface area (Å²) in [5, 5.41) is 3.32. The minimum absolute atomic E-state index is 0.783. The van der Waals surface area contributed by atoms with Crippen molar-refractivity contribution in [3.05, 3.63) is 39.9 Å². The van der Waals surface area contributed by atoms with Crippen molar-refractivity contribution in [2.75, 3.05) is 13.6 Å². The minimum atomic E-state index is 0.783. The summed E-state index contributed by atoms with van der Waals surface area (Å²) in [7, 11) is 2.04. The van der Waals surface area contributed by atoms with Gasteiger partial charge in [-0.05, 0) is 43.5 Å². The summed E-state index contributed by atoms with van der Waals surface area (Å²) in [5.74, 6) is 0.783. The van der Waals surface area contributed by atoms with Crippen molar-refractivity contribution in [1.29, 1.82) is 0 Å². The highest BCUT2D eigenvalue weighted by molar-refractivity contribution is 9.10. The van der Waals surface area contributed by atoms with Crippen molar-refractivity contribution < 1.29 is 0 Å². The number of benzene rings is 1. The van der Waals surface area contributed by atoms with Crippen molar-refractivity contribution in [3.63, 3.8) is 0 Å². The number of hydrogen-bond acceptors (Lipinski definition) is 1. The lowest BCUT2D eigenvalue weighted by molar-refractivity contribution is 0.398. The van der Waals surface area contributed by atoms with Gasteiger partial charge in [-0.3, -0.25) is 0 Å². The summed E-state index contributed by atoms with van der Waals surface area (Å²) in [6.45, 7) is 1.01. The van der Waals surface area contributed by atoms with Gasteiger partial charge in [-0.15, -0.1) is 0 Å². The van der Waals surface area contributed by atoms with E-state index in [4.69, 9.17) is 0 Å². The average molecular weight is 308 g/mol. The van der Waals surface area contributed by atoms with Gasteiger partial charge in [0.05, 0.1) is 0 Å². The third-order valence-electron chi connectivity index (χ3n) is 3.71. The molecular formula is C16H22BrN. The Bertz CT molecular complexity index is 405. The maximum Gasteiger partial charge on any atom is 0.0181 e. The maximum absolute atomic E-state index is 3.54. The molecule has 0 amide bonds. The van der Waals surface area contributed by atoms with Crippen LogP contribution in [0, 0.1) is 5.92 Å². The van der Waals surface area contributed by atoms with Gasteiger partial charge in [0, 0.05) is 11.0 Å². The Morgan fingerprint density at radius 2 is 2.11 bits per heavy atom. The monoisotopic (exact) mass is 307 g/mol. The number of nitrogens with one attached hydrogen (secondary N) is 1. The molecule has 1 saturated carbocycles. The molecule has 0 bridgehead atoms. The van der Waals surface area contributed by atoms with Gasteiger partial charge in [-0.1, -0.05) is 59.0 Å². The molecule has 2 heteroatoms. The van der Waals surface area contributed by atoms with Crippen LogP contribution in [0.25, 0.3) is 6.08 Å². The lowest BCUT2D eigenvalue weighted by Crippen LogP contribution is -2.19. The van der Waals surface area contributed by atoms with Crippen LogP contribution >= 0.6 is 15.9 Å². The van der Waals surface area contributed by atoms with Crippen molar-refractivity contribution in [2.45, 2.75) is 32.1 Å². The molecule has 0 saturated heterocycles. The van der Waals surface area contributed by atoms with E-state index in [-0.39, 0.29) is 0 Å². The van der Waals surface area contributed by atoms with Crippen LogP contribution in [0.1, 0.15) is 37.7 Å². The highest BCUT2D eigenvalue weighted by Gasteiger charge is 2.17. The van der Waals surface area contributed by atoms with Crippen LogP contribution in [0.3, 0.4) is 0 Å². The van der Waals surface area contributed by atoms with Crippen molar-refractivity contribution >= 4 is 22.0 Å². The second kappa shape index (κ2) is 7.10. The Morgan fingerprint density at radius 1 is 1.33 bits per heavy atom. The third kappa shape index (κ3) is 3.96. The quantitative estimate of drug-likeness (QED) is 0.855. The van der Waals surface area contributed by atoms with E-state index in [1.807, 2.05) is 7.05 Å². The lowest BCUT2D eigenvalue weighted by atomic mass is 9.83. The first-order chi connectivity index (χ1) is 8.79. The first kappa shape index (κ1) is 13.8. The van der Waals surface area contributed by atoms with E-state index in [1.165, 1.54) is 37.7 Å². The molecule has 1 N–H and O–H groups in total. The molecule has 0 unspecified atom stereocenters. The van der Waals surface area contributed by atoms with Crippen LogP contribution in [-0.2, 0) is 0 Å². The summed E-state index contributed by atoms with van der Waals surface area (Å²) >= 11 is 3.54. The highest BCUT2D eigenvalue weighted by Crippen LogP contribution is 2.30. The molecule has 1 aromatic rings. The molecule has 0 aliphatic heterocycles. The Labute approximate surface area is 119 Å². The molecule has 1 fully saturated rings. The minimum Gasteiger partial charge on any atom is -0.316 e. The molecule has 0 atom stereocenters. The van der Waals surface area contributed by atoms with E-state index in [1.54, 1.807) is 5.57 Å². The first-order valence-corrected chi connectivity index (χ1v) is 7.69. The predicted molar refractivity (Wildman–Crippen MR) is 82.6 cm³/mol. The van der Waals surface area contributed by atoms with Crippen molar-refractivity contribution in [3.8, 4) is 0 Å². The second-order valence-electron chi connectivity index (χ2n) is 5.14. The van der Waals surface area contributed by atoms with E-state index in [2.05, 4.69) is 51.6 Å². The first-order valence-electron chi connectivity index (χ1n) is 6.90. The second-order valence-corrected chi connectivity index (χ2v) is 6.06. The number of rotatable bonds is 4. The number of likely N-dealkylation sites (N-methyl/N-ethyl adjacent to an activating group) is 1. The summed E-state index contributed by atoms with van der Waals surface area (Å²) in [6.07, 6.45) is 9.30. The van der Waals surface area contributed by atoms with Gasteiger partial charge in [-0.2, -0.15) is 0 Å². The lowest BCUT2D eigenvalue weighted by Gasteiger charge is -2.24. The predicted octanol–water partition coefficient (Wildman–Crippen LogP) is 4.63. The molecule has 2 rings (SSSR count). The zero-order chi connectivity index (χ0) is 12.8. The zero-order valence-electron chi connectivity index (χ0n) is 11.1. The summed E-state index contributed by atoms with van der Waals surface area (Å²) < 4.78 is 1.16. The molecule has 1 aliphatic carbocycles. The van der Waals surface area contributed by atoms with Crippen molar-refractivity contribution in [1.82, 2.24) is 5.32 Å². The maximum atomic E-state index is 3.54. The van der Waals surface area contributed by atoms with Gasteiger partial charge in [0.25, 0.3) is 0 Å². The molecule has 98 valence electrons. The van der Waals surface area contributed by atoms with Gasteiger partial charge in [0.1, 0.15) is 0 Å². The van der Waals surface area contributed by atoms with E-state index >= 15 is 0 Å². The largest absolute Gasteiger partial charge is 0.316 e. The fourth-order valence-corrected chi connectivity index (χ4v) is 3.22. The molecular weight excluding hydrogens is 286 g/mol. The van der Waals surface area contributed by atoms with E-state index in [0.29, 0.717) is 0 Å². The average Bonchev–Trinajstić information content (AvgIpc) is 2.39. The van der Waals surface area contributed by atoms with E-state index in [9.17, 15) is 0 Å². The van der Waals surface area contributed by atoms with Crippen LogP contribution < -0.4 is 5.32 Å². The fourth-order valence-electron chi connectivity index (χ4n) is 2.80. The van der Waals surface area contributed by atoms with Gasteiger partial charge < -0.3 is 5.32 Å². The van der Waals surface area contributed by atoms with Crippen LogP contribution in [-0.4, -0.2) is 13.6 Å². The normalized spacial score (nSPS) is 18.0. The Kier molecular flexibility index (Phi) is 5.45. The SMILES string of the molecule is CNCC(=Cc1cccc(Br)c1)C1CCCCC1. The molecule has 0 aromatic heterocycles. The molecule has 1 aromatic carbocycles. The van der Waals surface area contributed by atoms with E-state index in [0.717, 1.165) is 16.9 Å². The molecule has 0 radical (unpaired) electrons. The molecule has 18 heavy (non-hydrogen) atoms. The molecule has 1 aliphatic rings. The summed E-state index contributed by atoms with van der Waals surface area (Å²) in [4.78, 5) is 0. The van der Waals surface area contributed by atoms with Crippen LogP contribution in [0.15, 0.2) is 34.3 Å². The Morgan fingerprint density at radius 3 is 2.78 bits per heavy atom. The third-order valence-corrected chi connectivity index (χ3v) is 4.20. The van der Waals surface area contributed by atoms with Gasteiger partial charge >= 0.3 is 0 Å². The zero-order valence-corrected chi connectivity index (χ0v) is 12.7. The highest BCUT2D eigenvalue weighted by atomic mass is 79.9. The van der Waals surface area contributed by atoms with Crippen molar-refractivity contribution in [2.24, 2.45) is 5.92 Å². The Balaban J connectivity index is 2.17. The summed E-state index contributed by atoms with van der Waals surface area (Å²) in [6, 6.07) is 8.56. The van der Waals surface area contributed by atoms with E-state index < -0.39 is 0 Å². The van der Waals surface area contributed by atoms with Crippen LogP contribution in [0.4, 0.5) is 0 Å². The number of hydrogen-bond donors (Lipinski definition) is 1. The number of halogens is 1. The molecule has 1 nitrogen and oxygen atoms in total. The smallest absolute Gasteiger partial charge is 0.0181 e. The standard InChI is InChI=1S/C16H22BrN/c1-18-12-15(14-7-3-2-4-8-14)10-13-6-5-9-16(17)11-13/h5-6,9-11,14,18H,2-4,7-8,12H2,1H3.